The van der Waals surface area contributed by atoms with Gasteiger partial charge in [-0.2, -0.15) is 13.2 Å². The number of hydrogen-bond acceptors (Lipinski definition) is 7. The lowest BCUT2D eigenvalue weighted by atomic mass is 10.1. The molecule has 1 N–H and O–H groups in total. The van der Waals surface area contributed by atoms with Gasteiger partial charge in [0.1, 0.15) is 22.8 Å². The number of benzene rings is 2. The van der Waals surface area contributed by atoms with E-state index in [1.54, 1.807) is 14.2 Å². The fourth-order valence-electron chi connectivity index (χ4n) is 4.12. The van der Waals surface area contributed by atoms with Crippen LogP contribution in [0.3, 0.4) is 0 Å². The number of carbonyl (C=O) groups is 1. The van der Waals surface area contributed by atoms with Gasteiger partial charge in [-0.05, 0) is 43.2 Å². The molecule has 1 aliphatic rings. The van der Waals surface area contributed by atoms with Crippen LogP contribution in [0, 0.1) is 6.92 Å². The summed E-state index contributed by atoms with van der Waals surface area (Å²) in [6, 6.07) is 17.5. The first kappa shape index (κ1) is 26.5. The Balaban J connectivity index is 0.000000426. The van der Waals surface area contributed by atoms with E-state index in [0.29, 0.717) is 11.6 Å². The van der Waals surface area contributed by atoms with Crippen LogP contribution >= 0.6 is 0 Å². The second-order valence-electron chi connectivity index (χ2n) is 8.22. The van der Waals surface area contributed by atoms with Gasteiger partial charge in [0.05, 0.1) is 31.8 Å². The first-order valence-electron chi connectivity index (χ1n) is 11.4. The summed E-state index contributed by atoms with van der Waals surface area (Å²) >= 11 is 0. The quantitative estimate of drug-likeness (QED) is 0.334. The number of hydrogen-bond donors (Lipinski definition) is 1. The molecule has 2 aromatic heterocycles. The molecule has 0 atom stereocenters. The van der Waals surface area contributed by atoms with E-state index in [-0.39, 0.29) is 0 Å². The minimum absolute atomic E-state index is 0.563. The average molecular weight is 527 g/mol. The molecule has 3 heterocycles. The molecule has 0 unspecified atom stereocenters. The second kappa shape index (κ2) is 10.8. The number of halogens is 3. The van der Waals surface area contributed by atoms with E-state index in [0.717, 1.165) is 52.4 Å². The Morgan fingerprint density at radius 1 is 1.03 bits per heavy atom. The van der Waals surface area contributed by atoms with E-state index in [1.165, 1.54) is 5.56 Å². The minimum Gasteiger partial charge on any atom is -0.497 e. The van der Waals surface area contributed by atoms with E-state index < -0.39 is 12.1 Å². The number of carboxylic acid groups (broad SMARTS) is 1. The fourth-order valence-corrected chi connectivity index (χ4v) is 4.12. The highest BCUT2D eigenvalue weighted by atomic mass is 19.4. The van der Waals surface area contributed by atoms with E-state index in [1.807, 2.05) is 60.8 Å². The SMILES string of the molecule is COc1cc(OC)c2nc(C)c3c(c2c1)N(c1ccc(Oc2ccccc2)nc1)CC3.O=C(O)C(F)(F)F. The van der Waals surface area contributed by atoms with Gasteiger partial charge < -0.3 is 24.2 Å². The van der Waals surface area contributed by atoms with E-state index in [4.69, 9.17) is 29.1 Å². The van der Waals surface area contributed by atoms with Gasteiger partial charge in [0.15, 0.2) is 0 Å². The van der Waals surface area contributed by atoms with E-state index >= 15 is 0 Å². The first-order valence-corrected chi connectivity index (χ1v) is 11.4. The number of aromatic nitrogens is 2. The largest absolute Gasteiger partial charge is 0.497 e. The van der Waals surface area contributed by atoms with E-state index in [9.17, 15) is 13.2 Å². The van der Waals surface area contributed by atoms with Crippen molar-refractivity contribution in [1.82, 2.24) is 9.97 Å². The molecule has 4 aromatic rings. The topological polar surface area (TPSA) is 94.0 Å². The maximum atomic E-state index is 10.6. The third-order valence-corrected chi connectivity index (χ3v) is 5.86. The maximum absolute atomic E-state index is 10.6. The average Bonchev–Trinajstić information content (AvgIpc) is 3.35. The van der Waals surface area contributed by atoms with Crippen molar-refractivity contribution in [1.29, 1.82) is 0 Å². The summed E-state index contributed by atoms with van der Waals surface area (Å²) in [5.41, 5.74) is 5.24. The van der Waals surface area contributed by atoms with Crippen molar-refractivity contribution in [3.05, 3.63) is 72.1 Å². The van der Waals surface area contributed by atoms with Gasteiger partial charge in [-0.25, -0.2) is 14.8 Å². The zero-order valence-corrected chi connectivity index (χ0v) is 20.7. The summed E-state index contributed by atoms with van der Waals surface area (Å²) in [6.45, 7) is 2.91. The van der Waals surface area contributed by atoms with Crippen LogP contribution in [0.2, 0.25) is 0 Å². The lowest BCUT2D eigenvalue weighted by molar-refractivity contribution is -0.192. The van der Waals surface area contributed by atoms with Gasteiger partial charge in [0.2, 0.25) is 5.88 Å². The smallest absolute Gasteiger partial charge is 0.490 e. The van der Waals surface area contributed by atoms with Crippen molar-refractivity contribution in [3.63, 3.8) is 0 Å². The van der Waals surface area contributed by atoms with E-state index in [2.05, 4.69) is 16.8 Å². The number of anilines is 2. The van der Waals surface area contributed by atoms with Crippen LogP contribution in [-0.4, -0.2) is 48.0 Å². The number of alkyl halides is 3. The summed E-state index contributed by atoms with van der Waals surface area (Å²) < 4.78 is 48.7. The molecule has 0 fully saturated rings. The maximum Gasteiger partial charge on any atom is 0.490 e. The van der Waals surface area contributed by atoms with Gasteiger partial charge in [-0.1, -0.05) is 18.2 Å². The standard InChI is InChI=1S/C25H23N3O3.C2HF3O2/c1-16-20-11-12-28(17-9-10-23(26-15-17)31-18-7-5-4-6-8-18)25(20)21-13-19(29-2)14-22(30-3)24(21)27-16;3-2(4,5)1(6)7/h4-10,13-15H,11-12H2,1-3H3;(H,6,7). The number of ether oxygens (including phenoxy) is 3. The summed E-state index contributed by atoms with van der Waals surface area (Å²) in [5.74, 6) is 0.0211. The molecule has 8 nitrogen and oxygen atoms in total. The summed E-state index contributed by atoms with van der Waals surface area (Å²) in [4.78, 5) is 20.6. The third kappa shape index (κ3) is 5.56. The van der Waals surface area contributed by atoms with Crippen molar-refractivity contribution in [3.8, 4) is 23.1 Å². The van der Waals surface area contributed by atoms with Crippen LogP contribution in [0.1, 0.15) is 11.3 Å². The number of pyridine rings is 2. The van der Waals surface area contributed by atoms with Gasteiger partial charge in [-0.3, -0.25) is 0 Å². The Hall–Kier alpha value is -4.54. The number of para-hydroxylation sites is 1. The second-order valence-corrected chi connectivity index (χ2v) is 8.22. The van der Waals surface area contributed by atoms with Crippen LogP contribution in [0.4, 0.5) is 24.5 Å². The molecule has 1 aliphatic heterocycles. The molecule has 0 saturated heterocycles. The molecule has 5 rings (SSSR count). The lowest BCUT2D eigenvalue weighted by Crippen LogP contribution is -2.21. The van der Waals surface area contributed by atoms with Gasteiger partial charge in [0, 0.05) is 29.8 Å². The highest BCUT2D eigenvalue weighted by Crippen LogP contribution is 2.44. The minimum atomic E-state index is -5.08. The molecule has 38 heavy (non-hydrogen) atoms. The van der Waals surface area contributed by atoms with Crippen molar-refractivity contribution < 1.29 is 37.3 Å². The molecular weight excluding hydrogens is 503 g/mol. The molecule has 0 radical (unpaired) electrons. The molecule has 2 aromatic carbocycles. The Morgan fingerprint density at radius 2 is 1.74 bits per heavy atom. The number of methoxy groups -OCH3 is 2. The molecule has 198 valence electrons. The Bertz CT molecular complexity index is 1450. The molecule has 0 saturated carbocycles. The highest BCUT2D eigenvalue weighted by molar-refractivity contribution is 6.00. The summed E-state index contributed by atoms with van der Waals surface area (Å²) in [7, 11) is 3.32. The zero-order valence-electron chi connectivity index (χ0n) is 20.7. The summed E-state index contributed by atoms with van der Waals surface area (Å²) in [5, 5.41) is 8.14. The van der Waals surface area contributed by atoms with Crippen LogP contribution in [0.25, 0.3) is 10.9 Å². The normalized spacial score (nSPS) is 12.4. The van der Waals surface area contributed by atoms with Gasteiger partial charge >= 0.3 is 12.1 Å². The monoisotopic (exact) mass is 527 g/mol. The van der Waals surface area contributed by atoms with Crippen LogP contribution in [0.15, 0.2) is 60.8 Å². The van der Waals surface area contributed by atoms with Crippen molar-refractivity contribution in [2.24, 2.45) is 0 Å². The highest BCUT2D eigenvalue weighted by Gasteiger charge is 2.38. The third-order valence-electron chi connectivity index (χ3n) is 5.86. The molecule has 0 amide bonds. The van der Waals surface area contributed by atoms with Crippen molar-refractivity contribution >= 4 is 28.2 Å². The van der Waals surface area contributed by atoms with Crippen LogP contribution in [0.5, 0.6) is 23.1 Å². The lowest BCUT2D eigenvalue weighted by Gasteiger charge is -2.22. The summed E-state index contributed by atoms with van der Waals surface area (Å²) in [6.07, 6.45) is -2.31. The molecular formula is C27H24F3N3O5. The van der Waals surface area contributed by atoms with Crippen LogP contribution < -0.4 is 19.1 Å². The molecule has 11 heteroatoms. The number of aryl methyl sites for hydroxylation is 1. The predicted octanol–water partition coefficient (Wildman–Crippen LogP) is 6.08. The van der Waals surface area contributed by atoms with Gasteiger partial charge in [0.25, 0.3) is 0 Å². The fraction of sp³-hybridized carbons (Fsp3) is 0.222. The molecule has 0 aliphatic carbocycles. The zero-order chi connectivity index (χ0) is 27.4. The first-order chi connectivity index (χ1) is 18.1. The Morgan fingerprint density at radius 3 is 2.32 bits per heavy atom. The molecule has 0 spiro atoms. The number of fused-ring (bicyclic) bond motifs is 3. The van der Waals surface area contributed by atoms with Crippen molar-refractivity contribution in [2.45, 2.75) is 19.5 Å². The number of aliphatic carboxylic acids is 1. The predicted molar refractivity (Wildman–Crippen MR) is 135 cm³/mol. The molecule has 0 bridgehead atoms. The number of nitrogens with zero attached hydrogens (tertiary/aromatic N) is 3. The van der Waals surface area contributed by atoms with Gasteiger partial charge in [-0.15, -0.1) is 0 Å². The number of rotatable bonds is 5. The Kier molecular flexibility index (Phi) is 7.56. The number of carboxylic acids is 1. The Labute approximate surface area is 216 Å². The van der Waals surface area contributed by atoms with Crippen molar-refractivity contribution in [2.75, 3.05) is 25.7 Å². The van der Waals surface area contributed by atoms with Crippen LogP contribution in [-0.2, 0) is 11.2 Å².